The van der Waals surface area contributed by atoms with Crippen molar-refractivity contribution < 1.29 is 4.84 Å². The van der Waals surface area contributed by atoms with E-state index in [1.807, 2.05) is 0 Å². The zero-order chi connectivity index (χ0) is 8.97. The summed E-state index contributed by atoms with van der Waals surface area (Å²) in [6.07, 6.45) is 1.64. The molecular formula is C7H8Cl2N2O. The molecule has 0 amide bonds. The third-order valence-corrected chi connectivity index (χ3v) is 1.96. The molecule has 0 saturated carbocycles. The lowest BCUT2D eigenvalue weighted by molar-refractivity contribution is 0.0866. The molecule has 0 unspecified atom stereocenters. The van der Waals surface area contributed by atoms with Crippen molar-refractivity contribution in [2.45, 2.75) is 6.54 Å². The van der Waals surface area contributed by atoms with Crippen molar-refractivity contribution >= 4 is 23.2 Å². The van der Waals surface area contributed by atoms with Gasteiger partial charge in [0.05, 0.1) is 12.1 Å². The zero-order valence-electron chi connectivity index (χ0n) is 6.47. The number of rotatable bonds is 3. The standard InChI is InChI=1S/C7H8Cl2N2O/c1-12-11-4-5-2-6(8)7(9)10-3-5/h2-3,11H,4H2,1H3. The van der Waals surface area contributed by atoms with Gasteiger partial charge in [-0.25, -0.2) is 4.98 Å². The molecule has 1 aromatic rings. The molecule has 0 fully saturated rings. The minimum absolute atomic E-state index is 0.317. The summed E-state index contributed by atoms with van der Waals surface area (Å²) in [5.41, 5.74) is 3.59. The summed E-state index contributed by atoms with van der Waals surface area (Å²) < 4.78 is 0. The molecule has 1 N–H and O–H groups in total. The molecule has 0 spiro atoms. The van der Waals surface area contributed by atoms with E-state index in [0.29, 0.717) is 16.7 Å². The maximum atomic E-state index is 5.73. The number of halogens is 2. The van der Waals surface area contributed by atoms with Gasteiger partial charge >= 0.3 is 0 Å². The molecule has 0 atom stereocenters. The molecule has 0 aliphatic rings. The van der Waals surface area contributed by atoms with Crippen LogP contribution in [0.25, 0.3) is 0 Å². The van der Waals surface area contributed by atoms with Crippen molar-refractivity contribution in [1.29, 1.82) is 0 Å². The topological polar surface area (TPSA) is 34.1 Å². The van der Waals surface area contributed by atoms with E-state index in [-0.39, 0.29) is 0 Å². The molecule has 66 valence electrons. The smallest absolute Gasteiger partial charge is 0.147 e. The van der Waals surface area contributed by atoms with E-state index < -0.39 is 0 Å². The summed E-state index contributed by atoms with van der Waals surface area (Å²) in [6, 6.07) is 1.74. The van der Waals surface area contributed by atoms with Gasteiger partial charge in [-0.15, -0.1) is 0 Å². The Morgan fingerprint density at radius 2 is 2.33 bits per heavy atom. The molecule has 12 heavy (non-hydrogen) atoms. The highest BCUT2D eigenvalue weighted by Crippen LogP contribution is 2.19. The second-order valence-electron chi connectivity index (χ2n) is 2.14. The van der Waals surface area contributed by atoms with E-state index in [1.165, 1.54) is 0 Å². The van der Waals surface area contributed by atoms with Gasteiger partial charge < -0.3 is 4.84 Å². The van der Waals surface area contributed by atoms with E-state index >= 15 is 0 Å². The molecule has 0 bridgehead atoms. The number of hydroxylamine groups is 1. The van der Waals surface area contributed by atoms with Crippen LogP contribution in [0.5, 0.6) is 0 Å². The first-order valence-corrected chi connectivity index (χ1v) is 4.05. The van der Waals surface area contributed by atoms with Crippen LogP contribution >= 0.6 is 23.2 Å². The predicted molar refractivity (Wildman–Crippen MR) is 48.1 cm³/mol. The van der Waals surface area contributed by atoms with Crippen molar-refractivity contribution in [3.63, 3.8) is 0 Å². The number of hydrogen-bond acceptors (Lipinski definition) is 3. The van der Waals surface area contributed by atoms with Crippen LogP contribution in [-0.2, 0) is 11.4 Å². The van der Waals surface area contributed by atoms with Gasteiger partial charge in [0.2, 0.25) is 0 Å². The molecule has 0 aliphatic carbocycles. The van der Waals surface area contributed by atoms with E-state index in [9.17, 15) is 0 Å². The molecule has 0 radical (unpaired) electrons. The van der Waals surface area contributed by atoms with Crippen LogP contribution in [0, 0.1) is 0 Å². The van der Waals surface area contributed by atoms with Crippen LogP contribution < -0.4 is 5.48 Å². The third-order valence-electron chi connectivity index (χ3n) is 1.27. The summed E-state index contributed by atoms with van der Waals surface area (Å²) in [5.74, 6) is 0. The second-order valence-corrected chi connectivity index (χ2v) is 2.91. The van der Waals surface area contributed by atoms with Gasteiger partial charge in [-0.3, -0.25) is 0 Å². The van der Waals surface area contributed by atoms with Crippen LogP contribution in [0.1, 0.15) is 5.56 Å². The normalized spacial score (nSPS) is 10.2. The largest absolute Gasteiger partial charge is 0.305 e. The molecule has 1 heterocycles. The molecular weight excluding hydrogens is 199 g/mol. The summed E-state index contributed by atoms with van der Waals surface area (Å²) >= 11 is 11.3. The minimum atomic E-state index is 0.317. The van der Waals surface area contributed by atoms with Crippen LogP contribution in [0.3, 0.4) is 0 Å². The molecule has 3 nitrogen and oxygen atoms in total. The Kier molecular flexibility index (Phi) is 3.75. The van der Waals surface area contributed by atoms with Crippen molar-refractivity contribution in [1.82, 2.24) is 10.5 Å². The maximum Gasteiger partial charge on any atom is 0.147 e. The quantitative estimate of drug-likeness (QED) is 0.608. The first-order chi connectivity index (χ1) is 5.74. The Morgan fingerprint density at radius 1 is 1.58 bits per heavy atom. The van der Waals surface area contributed by atoms with Gasteiger partial charge in [-0.2, -0.15) is 5.48 Å². The number of nitrogens with zero attached hydrogens (tertiary/aromatic N) is 1. The van der Waals surface area contributed by atoms with Gasteiger partial charge in [0.15, 0.2) is 0 Å². The van der Waals surface area contributed by atoms with Crippen molar-refractivity contribution in [3.05, 3.63) is 28.0 Å². The Labute approximate surface area is 80.6 Å². The van der Waals surface area contributed by atoms with Gasteiger partial charge in [-0.05, 0) is 11.6 Å². The average molecular weight is 207 g/mol. The number of nitrogens with one attached hydrogen (secondary N) is 1. The number of hydrogen-bond donors (Lipinski definition) is 1. The van der Waals surface area contributed by atoms with Crippen LogP contribution in [0.2, 0.25) is 10.2 Å². The molecule has 0 aromatic carbocycles. The summed E-state index contributed by atoms with van der Waals surface area (Å²) in [5, 5.41) is 0.768. The van der Waals surface area contributed by atoms with Crippen LogP contribution in [0.15, 0.2) is 12.3 Å². The second kappa shape index (κ2) is 4.62. The monoisotopic (exact) mass is 206 g/mol. The summed E-state index contributed by atoms with van der Waals surface area (Å²) in [6.45, 7) is 0.556. The first kappa shape index (κ1) is 9.74. The van der Waals surface area contributed by atoms with Crippen molar-refractivity contribution in [2.75, 3.05) is 7.11 Å². The Morgan fingerprint density at radius 3 is 2.92 bits per heavy atom. The fourth-order valence-corrected chi connectivity index (χ4v) is 1.01. The lowest BCUT2D eigenvalue weighted by Gasteiger charge is -2.02. The fourth-order valence-electron chi connectivity index (χ4n) is 0.713. The van der Waals surface area contributed by atoms with E-state index in [4.69, 9.17) is 23.2 Å². The third kappa shape index (κ3) is 2.60. The van der Waals surface area contributed by atoms with Gasteiger partial charge in [0.1, 0.15) is 5.15 Å². The van der Waals surface area contributed by atoms with E-state index in [1.54, 1.807) is 19.4 Å². The van der Waals surface area contributed by atoms with Gasteiger partial charge in [0.25, 0.3) is 0 Å². The molecule has 1 rings (SSSR count). The van der Waals surface area contributed by atoms with Crippen LogP contribution in [-0.4, -0.2) is 12.1 Å². The highest BCUT2D eigenvalue weighted by molar-refractivity contribution is 6.41. The molecule has 1 aromatic heterocycles. The average Bonchev–Trinajstić information content (AvgIpc) is 2.07. The fraction of sp³-hybridized carbons (Fsp3) is 0.286. The number of aromatic nitrogens is 1. The summed E-state index contributed by atoms with van der Waals surface area (Å²) in [7, 11) is 1.55. The van der Waals surface area contributed by atoms with Crippen molar-refractivity contribution in [3.8, 4) is 0 Å². The van der Waals surface area contributed by atoms with Gasteiger partial charge in [-0.1, -0.05) is 23.2 Å². The minimum Gasteiger partial charge on any atom is -0.305 e. The Hall–Kier alpha value is -0.350. The van der Waals surface area contributed by atoms with Crippen LogP contribution in [0.4, 0.5) is 0 Å². The summed E-state index contributed by atoms with van der Waals surface area (Å²) in [4.78, 5) is 8.53. The Balaban J connectivity index is 2.69. The molecule has 0 saturated heterocycles. The van der Waals surface area contributed by atoms with E-state index in [2.05, 4.69) is 15.3 Å². The molecule has 5 heteroatoms. The van der Waals surface area contributed by atoms with Gasteiger partial charge in [0, 0.05) is 12.7 Å². The van der Waals surface area contributed by atoms with Crippen molar-refractivity contribution in [2.24, 2.45) is 0 Å². The Bertz CT molecular complexity index is 268. The number of pyridine rings is 1. The lowest BCUT2D eigenvalue weighted by atomic mass is 10.3. The molecule has 0 aliphatic heterocycles. The first-order valence-electron chi connectivity index (χ1n) is 3.30. The highest BCUT2D eigenvalue weighted by Gasteiger charge is 1.99. The highest BCUT2D eigenvalue weighted by atomic mass is 35.5. The van der Waals surface area contributed by atoms with E-state index in [0.717, 1.165) is 5.56 Å². The maximum absolute atomic E-state index is 5.73. The lowest BCUT2D eigenvalue weighted by Crippen LogP contribution is -2.10. The zero-order valence-corrected chi connectivity index (χ0v) is 7.99. The SMILES string of the molecule is CONCc1cnc(Cl)c(Cl)c1. The predicted octanol–water partition coefficient (Wildman–Crippen LogP) is 2.04.